The molecule has 0 unspecified atom stereocenters. The molecule has 1 aliphatic heterocycles. The van der Waals surface area contributed by atoms with Crippen molar-refractivity contribution in [2.24, 2.45) is 29.1 Å². The van der Waals surface area contributed by atoms with Gasteiger partial charge in [0.2, 0.25) is 5.91 Å². The summed E-state index contributed by atoms with van der Waals surface area (Å²) in [5.41, 5.74) is -3.57. The molecule has 1 saturated heterocycles. The molecule has 7 bridgehead atoms. The van der Waals surface area contributed by atoms with E-state index in [9.17, 15) is 19.8 Å². The zero-order chi connectivity index (χ0) is 29.8. The number of carbonyl (C=O) groups excluding carboxylic acids is 2. The lowest BCUT2D eigenvalue weighted by Gasteiger charge is -2.70. The molecular weight excluding hydrogens is 540 g/mol. The maximum Gasteiger partial charge on any atom is 0.340 e. The number of fused-ring (bicyclic) bond motifs is 2. The number of aliphatic hydroxyl groups is 2. The van der Waals surface area contributed by atoms with E-state index in [0.29, 0.717) is 56.4 Å². The van der Waals surface area contributed by atoms with Gasteiger partial charge in [-0.15, -0.1) is 0 Å². The molecule has 12 atom stereocenters. The molecule has 5 saturated carbocycles. The summed E-state index contributed by atoms with van der Waals surface area (Å²) < 4.78 is 25.1. The first-order valence-electron chi connectivity index (χ1n) is 15.4. The second kappa shape index (κ2) is 9.46. The van der Waals surface area contributed by atoms with Crippen molar-refractivity contribution in [1.29, 1.82) is 0 Å². The van der Waals surface area contributed by atoms with Crippen molar-refractivity contribution in [2.75, 3.05) is 39.7 Å². The number of likely N-dealkylation sites (N-methyl/N-ethyl adjacent to an activating group) is 1. The van der Waals surface area contributed by atoms with Crippen LogP contribution in [0.3, 0.4) is 0 Å². The predicted molar refractivity (Wildman–Crippen MR) is 152 cm³/mol. The third-order valence-electron chi connectivity index (χ3n) is 12.6. The Morgan fingerprint density at radius 1 is 1.07 bits per heavy atom. The summed E-state index contributed by atoms with van der Waals surface area (Å²) >= 11 is 0. The Bertz CT molecular complexity index is 1290. The maximum absolute atomic E-state index is 14.0. The first-order valence-corrected chi connectivity index (χ1v) is 15.4. The molecule has 1 heterocycles. The standard InChI is InChI=1S/C32H44N2O8/c1-6-34-16-29(42-28(36)18-9-7-8-10-21(18)33-17(2)35)12-11-25(40-4)31-23(29)14-20(26(31)34)30(37)15-22(39-3)19-13-24(31)32(30,38)27(19)41-5/h7-10,19-20,22-27,37-38H,6,11-16H2,1-5H3,(H,33,35)/t19-,20-,22+,23+,24-,25+,26-,27-,29+,30-,31-,32-/m1/s1. The van der Waals surface area contributed by atoms with Crippen LogP contribution in [0.25, 0.3) is 0 Å². The third-order valence-corrected chi connectivity index (χ3v) is 12.6. The van der Waals surface area contributed by atoms with E-state index in [1.807, 2.05) is 0 Å². The first kappa shape index (κ1) is 28.7. The molecule has 1 aromatic rings. The van der Waals surface area contributed by atoms with Gasteiger partial charge in [-0.25, -0.2) is 4.79 Å². The molecular formula is C32H44N2O8. The van der Waals surface area contributed by atoms with Crippen molar-refractivity contribution in [3.8, 4) is 0 Å². The Morgan fingerprint density at radius 3 is 2.50 bits per heavy atom. The number of hydrogen-bond acceptors (Lipinski definition) is 9. The molecule has 42 heavy (non-hydrogen) atoms. The summed E-state index contributed by atoms with van der Waals surface area (Å²) in [6.45, 7) is 4.79. The Kier molecular flexibility index (Phi) is 6.46. The SMILES string of the molecule is CCN1C[C@@]2(OC(=O)c3ccccc3NC(C)=O)CC[C@H](OC)[C@]34[C@H]5C[C@@H]6[C@@H](OC)C[C@@](O)([C@H](C[C@@H]23)[C@@H]14)[C@]5(O)[C@@H]6OC. The number of esters is 1. The number of rotatable bonds is 7. The van der Waals surface area contributed by atoms with Crippen LogP contribution in [0.1, 0.15) is 56.3 Å². The lowest BCUT2D eigenvalue weighted by atomic mass is 9.44. The van der Waals surface area contributed by atoms with E-state index in [1.54, 1.807) is 45.6 Å². The van der Waals surface area contributed by atoms with Crippen LogP contribution in [0.4, 0.5) is 5.69 Å². The van der Waals surface area contributed by atoms with Gasteiger partial charge in [-0.2, -0.15) is 0 Å². The van der Waals surface area contributed by atoms with Crippen LogP contribution in [-0.2, 0) is 23.7 Å². The minimum atomic E-state index is -1.48. The van der Waals surface area contributed by atoms with Crippen LogP contribution in [0, 0.1) is 29.1 Å². The van der Waals surface area contributed by atoms with E-state index in [1.165, 1.54) is 6.92 Å². The molecule has 10 nitrogen and oxygen atoms in total. The van der Waals surface area contributed by atoms with Crippen LogP contribution in [0.15, 0.2) is 24.3 Å². The smallest absolute Gasteiger partial charge is 0.340 e. The molecule has 5 aliphatic carbocycles. The predicted octanol–water partition coefficient (Wildman–Crippen LogP) is 2.22. The second-order valence-corrected chi connectivity index (χ2v) is 13.7. The Balaban J connectivity index is 1.38. The average Bonchev–Trinajstić information content (AvgIpc) is 3.39. The fourth-order valence-corrected chi connectivity index (χ4v) is 11.6. The Morgan fingerprint density at radius 2 is 1.83 bits per heavy atom. The molecule has 0 radical (unpaired) electrons. The summed E-state index contributed by atoms with van der Waals surface area (Å²) in [5, 5.41) is 28.4. The normalized spacial score (nSPS) is 48.2. The minimum Gasteiger partial charge on any atom is -0.454 e. The molecule has 1 spiro atoms. The lowest BCUT2D eigenvalue weighted by Crippen LogP contribution is -2.83. The number of carbonyl (C=O) groups is 2. The van der Waals surface area contributed by atoms with Crippen molar-refractivity contribution < 1.29 is 38.7 Å². The van der Waals surface area contributed by atoms with Gasteiger partial charge < -0.3 is 34.5 Å². The van der Waals surface area contributed by atoms with Gasteiger partial charge in [0.15, 0.2) is 0 Å². The number of nitrogens with zero attached hydrogens (tertiary/aromatic N) is 1. The maximum atomic E-state index is 14.0. The van der Waals surface area contributed by atoms with Gasteiger partial charge in [0, 0.05) is 76.3 Å². The van der Waals surface area contributed by atoms with Crippen molar-refractivity contribution >= 4 is 17.6 Å². The molecule has 6 fully saturated rings. The first-order chi connectivity index (χ1) is 20.1. The van der Waals surface area contributed by atoms with Crippen LogP contribution in [-0.4, -0.2) is 103 Å². The minimum absolute atomic E-state index is 0.0432. The molecule has 1 amide bonds. The van der Waals surface area contributed by atoms with Crippen LogP contribution in [0.5, 0.6) is 0 Å². The number of hydrogen-bond donors (Lipinski definition) is 3. The number of para-hydroxylation sites is 1. The summed E-state index contributed by atoms with van der Waals surface area (Å²) in [4.78, 5) is 28.3. The summed E-state index contributed by atoms with van der Waals surface area (Å²) in [6, 6.07) is 6.89. The number of benzene rings is 1. The van der Waals surface area contributed by atoms with Crippen LogP contribution in [0.2, 0.25) is 0 Å². The van der Waals surface area contributed by atoms with Crippen LogP contribution >= 0.6 is 0 Å². The number of anilines is 1. The van der Waals surface area contributed by atoms with Gasteiger partial charge in [0.25, 0.3) is 0 Å². The lowest BCUT2D eigenvalue weighted by molar-refractivity contribution is -0.337. The van der Waals surface area contributed by atoms with E-state index >= 15 is 0 Å². The zero-order valence-electron chi connectivity index (χ0n) is 25.2. The number of nitrogens with one attached hydrogen (secondary N) is 1. The van der Waals surface area contributed by atoms with Crippen molar-refractivity contribution in [3.63, 3.8) is 0 Å². The van der Waals surface area contributed by atoms with E-state index < -0.39 is 34.3 Å². The van der Waals surface area contributed by atoms with Crippen molar-refractivity contribution in [3.05, 3.63) is 29.8 Å². The topological polar surface area (TPSA) is 127 Å². The molecule has 6 aliphatic rings. The fourth-order valence-electron chi connectivity index (χ4n) is 11.6. The van der Waals surface area contributed by atoms with Gasteiger partial charge in [-0.1, -0.05) is 19.1 Å². The highest BCUT2D eigenvalue weighted by molar-refractivity contribution is 6.00. The van der Waals surface area contributed by atoms with Crippen molar-refractivity contribution in [1.82, 2.24) is 4.90 Å². The van der Waals surface area contributed by atoms with Crippen LogP contribution < -0.4 is 5.32 Å². The molecule has 10 heteroatoms. The van der Waals surface area contributed by atoms with Gasteiger partial charge in [0.05, 0.1) is 29.6 Å². The van der Waals surface area contributed by atoms with Gasteiger partial charge >= 0.3 is 5.97 Å². The van der Waals surface area contributed by atoms with E-state index in [0.717, 1.165) is 0 Å². The zero-order valence-corrected chi connectivity index (χ0v) is 25.2. The summed E-state index contributed by atoms with van der Waals surface area (Å²) in [7, 11) is 5.05. The number of amides is 1. The largest absolute Gasteiger partial charge is 0.454 e. The Labute approximate surface area is 247 Å². The van der Waals surface area contributed by atoms with E-state index in [-0.39, 0.29) is 47.8 Å². The molecule has 7 rings (SSSR count). The van der Waals surface area contributed by atoms with E-state index in [4.69, 9.17) is 18.9 Å². The number of likely N-dealkylation sites (tertiary alicyclic amines) is 1. The van der Waals surface area contributed by atoms with E-state index in [2.05, 4.69) is 17.1 Å². The number of methoxy groups -OCH3 is 3. The van der Waals surface area contributed by atoms with Gasteiger partial charge in [-0.3, -0.25) is 9.69 Å². The second-order valence-electron chi connectivity index (χ2n) is 13.7. The van der Waals surface area contributed by atoms with Gasteiger partial charge in [0.1, 0.15) is 16.8 Å². The monoisotopic (exact) mass is 584 g/mol. The number of piperidine rings is 1. The summed E-state index contributed by atoms with van der Waals surface area (Å²) in [6.07, 6.45) is 1.91. The van der Waals surface area contributed by atoms with Crippen molar-refractivity contribution in [2.45, 2.75) is 87.1 Å². The Hall–Kier alpha value is -2.08. The third kappa shape index (κ3) is 3.21. The highest BCUT2D eigenvalue weighted by atomic mass is 16.6. The molecule has 1 aromatic carbocycles. The molecule has 230 valence electrons. The quantitative estimate of drug-likeness (QED) is 0.414. The average molecular weight is 585 g/mol. The molecule has 0 aromatic heterocycles. The van der Waals surface area contributed by atoms with Gasteiger partial charge in [-0.05, 0) is 44.4 Å². The highest BCUT2D eigenvalue weighted by Crippen LogP contribution is 2.79. The summed E-state index contributed by atoms with van der Waals surface area (Å²) in [5.74, 6) is -1.54. The molecule has 3 N–H and O–H groups in total. The highest BCUT2D eigenvalue weighted by Gasteiger charge is 2.89. The fraction of sp³-hybridized carbons (Fsp3) is 0.750. The number of ether oxygens (including phenoxy) is 4.